The molecule has 1 atom stereocenters. The highest BCUT2D eigenvalue weighted by Gasteiger charge is 2.44. The van der Waals surface area contributed by atoms with E-state index >= 15 is 0 Å². The summed E-state index contributed by atoms with van der Waals surface area (Å²) in [6.45, 7) is 0.483. The van der Waals surface area contributed by atoms with Gasteiger partial charge < -0.3 is 5.32 Å². The van der Waals surface area contributed by atoms with Gasteiger partial charge in [0.15, 0.2) is 0 Å². The fourth-order valence-electron chi connectivity index (χ4n) is 1.93. The Kier molecular flexibility index (Phi) is 2.88. The van der Waals surface area contributed by atoms with E-state index in [1.807, 2.05) is 0 Å². The van der Waals surface area contributed by atoms with Crippen molar-refractivity contribution in [3.8, 4) is 0 Å². The summed E-state index contributed by atoms with van der Waals surface area (Å²) < 4.78 is 53.8. The second kappa shape index (κ2) is 4.05. The van der Waals surface area contributed by atoms with Crippen molar-refractivity contribution in [3.63, 3.8) is 0 Å². The highest BCUT2D eigenvalue weighted by molar-refractivity contribution is 5.25. The van der Waals surface area contributed by atoms with Gasteiger partial charge in [0.1, 0.15) is 11.6 Å². The summed E-state index contributed by atoms with van der Waals surface area (Å²) in [5.41, 5.74) is -0.869. The van der Waals surface area contributed by atoms with Gasteiger partial charge in [-0.25, -0.2) is 8.78 Å². The Balaban J connectivity index is 2.37. The summed E-state index contributed by atoms with van der Waals surface area (Å²) >= 11 is 0. The van der Waals surface area contributed by atoms with Crippen LogP contribution in [0.25, 0.3) is 0 Å². The van der Waals surface area contributed by atoms with E-state index in [0.29, 0.717) is 19.0 Å². The zero-order valence-corrected chi connectivity index (χ0v) is 8.44. The van der Waals surface area contributed by atoms with Crippen LogP contribution < -0.4 is 5.32 Å². The molecule has 1 saturated heterocycles. The second-order valence-electron chi connectivity index (χ2n) is 3.90. The van der Waals surface area contributed by atoms with Crippen molar-refractivity contribution in [2.45, 2.75) is 24.8 Å². The maximum atomic E-state index is 13.8. The zero-order valence-electron chi connectivity index (χ0n) is 8.44. The quantitative estimate of drug-likeness (QED) is 0.774. The number of benzene rings is 1. The summed E-state index contributed by atoms with van der Waals surface area (Å²) in [5, 5.41) is 2.60. The van der Waals surface area contributed by atoms with Crippen molar-refractivity contribution in [2.24, 2.45) is 0 Å². The highest BCUT2D eigenvalue weighted by atomic mass is 19.3. The first-order chi connectivity index (χ1) is 7.51. The van der Waals surface area contributed by atoms with E-state index in [1.165, 1.54) is 0 Å². The van der Waals surface area contributed by atoms with Crippen molar-refractivity contribution < 1.29 is 17.6 Å². The first kappa shape index (κ1) is 11.4. The lowest BCUT2D eigenvalue weighted by molar-refractivity contribution is -0.0409. The molecule has 0 amide bonds. The molecule has 1 aromatic rings. The third-order valence-electron chi connectivity index (χ3n) is 2.79. The average molecular weight is 233 g/mol. The number of alkyl halides is 2. The monoisotopic (exact) mass is 233 g/mol. The molecule has 1 aliphatic heterocycles. The molecule has 0 radical (unpaired) electrons. The summed E-state index contributed by atoms with van der Waals surface area (Å²) in [6.07, 6.45) is 0.889. The molecule has 2 rings (SSSR count). The fraction of sp³-hybridized carbons (Fsp3) is 0.455. The van der Waals surface area contributed by atoms with Gasteiger partial charge in [-0.2, -0.15) is 8.78 Å². The van der Waals surface area contributed by atoms with Gasteiger partial charge in [0, 0.05) is 0 Å². The Morgan fingerprint density at radius 3 is 2.62 bits per heavy atom. The number of hydrogen-bond acceptors (Lipinski definition) is 1. The SMILES string of the molecule is Fc1ccc(F)c(C(F)(F)C2CCCN2)c1. The van der Waals surface area contributed by atoms with Crippen LogP contribution in [0.3, 0.4) is 0 Å². The van der Waals surface area contributed by atoms with E-state index in [4.69, 9.17) is 0 Å². The van der Waals surface area contributed by atoms with Crippen molar-refractivity contribution in [3.05, 3.63) is 35.4 Å². The molecule has 1 heterocycles. The number of halogens is 4. The lowest BCUT2D eigenvalue weighted by atomic mass is 9.99. The van der Waals surface area contributed by atoms with Crippen LogP contribution in [-0.4, -0.2) is 12.6 Å². The molecular weight excluding hydrogens is 222 g/mol. The molecule has 1 N–H and O–H groups in total. The van der Waals surface area contributed by atoms with Crippen LogP contribution in [0.5, 0.6) is 0 Å². The first-order valence-electron chi connectivity index (χ1n) is 5.08. The molecule has 0 aliphatic carbocycles. The Morgan fingerprint density at radius 1 is 1.25 bits per heavy atom. The van der Waals surface area contributed by atoms with Gasteiger partial charge in [-0.05, 0) is 37.6 Å². The molecule has 16 heavy (non-hydrogen) atoms. The van der Waals surface area contributed by atoms with Gasteiger partial charge in [-0.15, -0.1) is 0 Å². The standard InChI is InChI=1S/C11H11F4N/c12-7-3-4-9(13)8(6-7)11(14,15)10-2-1-5-16-10/h3-4,6,10,16H,1-2,5H2. The molecule has 0 bridgehead atoms. The number of rotatable bonds is 2. The van der Waals surface area contributed by atoms with Crippen molar-refractivity contribution in [1.29, 1.82) is 0 Å². The average Bonchev–Trinajstić information content (AvgIpc) is 2.75. The third kappa shape index (κ3) is 1.91. The lowest BCUT2D eigenvalue weighted by Gasteiger charge is -2.24. The molecule has 0 saturated carbocycles. The minimum atomic E-state index is -3.37. The maximum Gasteiger partial charge on any atom is 0.291 e. The van der Waals surface area contributed by atoms with E-state index in [-0.39, 0.29) is 6.42 Å². The molecule has 1 aromatic carbocycles. The minimum absolute atomic E-state index is 0.267. The molecular formula is C11H11F4N. The van der Waals surface area contributed by atoms with Crippen molar-refractivity contribution in [2.75, 3.05) is 6.54 Å². The Labute approximate surface area is 90.5 Å². The third-order valence-corrected chi connectivity index (χ3v) is 2.79. The molecule has 88 valence electrons. The van der Waals surface area contributed by atoms with E-state index in [2.05, 4.69) is 5.32 Å². The summed E-state index contributed by atoms with van der Waals surface area (Å²) in [7, 11) is 0. The molecule has 1 aliphatic rings. The van der Waals surface area contributed by atoms with Crippen LogP contribution in [0.15, 0.2) is 18.2 Å². The molecule has 1 fully saturated rings. The highest BCUT2D eigenvalue weighted by Crippen LogP contribution is 2.37. The summed E-state index contributed by atoms with van der Waals surface area (Å²) in [4.78, 5) is 0. The fourth-order valence-corrected chi connectivity index (χ4v) is 1.93. The predicted octanol–water partition coefficient (Wildman–Crippen LogP) is 2.81. The topological polar surface area (TPSA) is 12.0 Å². The lowest BCUT2D eigenvalue weighted by Crippen LogP contribution is -2.39. The number of hydrogen-bond donors (Lipinski definition) is 1. The summed E-state index contributed by atoms with van der Waals surface area (Å²) in [6, 6.07) is 1.02. The molecule has 0 spiro atoms. The zero-order chi connectivity index (χ0) is 11.8. The van der Waals surface area contributed by atoms with Crippen LogP contribution in [0.2, 0.25) is 0 Å². The van der Waals surface area contributed by atoms with Crippen LogP contribution in [0.4, 0.5) is 17.6 Å². The van der Waals surface area contributed by atoms with E-state index in [0.717, 1.165) is 12.1 Å². The second-order valence-corrected chi connectivity index (χ2v) is 3.90. The molecule has 0 aromatic heterocycles. The van der Waals surface area contributed by atoms with Gasteiger partial charge in [0.2, 0.25) is 0 Å². The van der Waals surface area contributed by atoms with Crippen LogP contribution in [-0.2, 0) is 5.92 Å². The Bertz CT molecular complexity index is 386. The molecule has 1 unspecified atom stereocenters. The van der Waals surface area contributed by atoms with Crippen molar-refractivity contribution in [1.82, 2.24) is 5.32 Å². The number of nitrogens with one attached hydrogen (secondary N) is 1. The van der Waals surface area contributed by atoms with E-state index in [1.54, 1.807) is 0 Å². The molecule has 1 nitrogen and oxygen atoms in total. The predicted molar refractivity (Wildman–Crippen MR) is 51.3 cm³/mol. The largest absolute Gasteiger partial charge is 0.308 e. The van der Waals surface area contributed by atoms with Gasteiger partial charge in [-0.3, -0.25) is 0 Å². The van der Waals surface area contributed by atoms with Gasteiger partial charge >= 0.3 is 0 Å². The Hall–Kier alpha value is -1.10. The maximum absolute atomic E-state index is 13.8. The summed E-state index contributed by atoms with van der Waals surface area (Å²) in [5.74, 6) is -5.29. The minimum Gasteiger partial charge on any atom is -0.308 e. The van der Waals surface area contributed by atoms with Gasteiger partial charge in [0.05, 0.1) is 11.6 Å². The van der Waals surface area contributed by atoms with E-state index in [9.17, 15) is 17.6 Å². The normalized spacial score (nSPS) is 21.4. The smallest absolute Gasteiger partial charge is 0.291 e. The van der Waals surface area contributed by atoms with E-state index < -0.39 is 29.2 Å². The van der Waals surface area contributed by atoms with Crippen LogP contribution >= 0.6 is 0 Å². The first-order valence-corrected chi connectivity index (χ1v) is 5.08. The van der Waals surface area contributed by atoms with Crippen molar-refractivity contribution >= 4 is 0 Å². The van der Waals surface area contributed by atoms with Crippen LogP contribution in [0.1, 0.15) is 18.4 Å². The van der Waals surface area contributed by atoms with Gasteiger partial charge in [-0.1, -0.05) is 0 Å². The Morgan fingerprint density at radius 2 is 2.00 bits per heavy atom. The van der Waals surface area contributed by atoms with Gasteiger partial charge in [0.25, 0.3) is 5.92 Å². The molecule has 5 heteroatoms. The van der Waals surface area contributed by atoms with Crippen LogP contribution in [0, 0.1) is 11.6 Å².